The monoisotopic (exact) mass is 581 g/mol. The maximum Gasteiger partial charge on any atom is 0.303 e. The maximum atomic E-state index is 13.5. The molecule has 9 heteroatoms. The minimum absolute atomic E-state index is 0.0257. The van der Waals surface area contributed by atoms with Gasteiger partial charge in [0.2, 0.25) is 10.0 Å². The molecule has 41 heavy (non-hydrogen) atoms. The van der Waals surface area contributed by atoms with Gasteiger partial charge in [-0.3, -0.25) is 9.78 Å². The Morgan fingerprint density at radius 3 is 2.39 bits per heavy atom. The second-order valence-corrected chi connectivity index (χ2v) is 13.2. The lowest BCUT2D eigenvalue weighted by molar-refractivity contribution is -0.136. The van der Waals surface area contributed by atoms with Crippen LogP contribution in [-0.2, 0) is 34.1 Å². The zero-order valence-corrected chi connectivity index (χ0v) is 25.3. The number of carboxylic acid groups (broad SMARTS) is 1. The first-order valence-electron chi connectivity index (χ1n) is 14.1. The summed E-state index contributed by atoms with van der Waals surface area (Å²) in [6.45, 7) is 6.33. The molecule has 0 unspecified atom stereocenters. The molecule has 3 rings (SSSR count). The molecule has 0 saturated carbocycles. The van der Waals surface area contributed by atoms with Crippen LogP contribution in [0, 0.1) is 0 Å². The fraction of sp³-hybridized carbons (Fsp3) is 0.438. The Labute approximate surface area is 244 Å². The van der Waals surface area contributed by atoms with E-state index in [2.05, 4.69) is 24.1 Å². The van der Waals surface area contributed by atoms with Gasteiger partial charge in [-0.05, 0) is 92.5 Å². The molecule has 0 spiro atoms. The summed E-state index contributed by atoms with van der Waals surface area (Å²) in [6.07, 6.45) is 4.72. The predicted molar refractivity (Wildman–Crippen MR) is 162 cm³/mol. The molecule has 0 amide bonds. The van der Waals surface area contributed by atoms with Gasteiger partial charge in [0.15, 0.2) is 0 Å². The van der Waals surface area contributed by atoms with Crippen molar-refractivity contribution in [3.05, 3.63) is 83.7 Å². The third kappa shape index (κ3) is 9.74. The van der Waals surface area contributed by atoms with Crippen LogP contribution in [0.25, 0.3) is 11.1 Å². The van der Waals surface area contributed by atoms with Gasteiger partial charge in [-0.25, -0.2) is 8.42 Å². The van der Waals surface area contributed by atoms with Crippen molar-refractivity contribution in [1.82, 2.24) is 14.6 Å². The lowest BCUT2D eigenvalue weighted by Gasteiger charge is -2.29. The van der Waals surface area contributed by atoms with Crippen molar-refractivity contribution in [2.45, 2.75) is 75.8 Å². The van der Waals surface area contributed by atoms with E-state index in [4.69, 9.17) is 5.11 Å². The maximum absolute atomic E-state index is 13.5. The Balaban J connectivity index is 1.59. The van der Waals surface area contributed by atoms with E-state index in [0.717, 1.165) is 41.6 Å². The largest absolute Gasteiger partial charge is 0.481 e. The number of likely N-dealkylation sites (N-methyl/N-ethyl adjacent to an activating group) is 1. The van der Waals surface area contributed by atoms with Crippen LogP contribution in [-0.4, -0.2) is 65.7 Å². The minimum Gasteiger partial charge on any atom is -0.481 e. The Morgan fingerprint density at radius 2 is 1.76 bits per heavy atom. The number of hydrogen-bond acceptors (Lipinski definition) is 6. The average molecular weight is 582 g/mol. The first kappa shape index (κ1) is 32.4. The number of rotatable bonds is 16. The highest BCUT2D eigenvalue weighted by Gasteiger charge is 2.26. The van der Waals surface area contributed by atoms with Crippen LogP contribution in [0.1, 0.15) is 56.9 Å². The third-order valence-electron chi connectivity index (χ3n) is 7.29. The Morgan fingerprint density at radius 1 is 1.05 bits per heavy atom. The number of β-amino-alcohol motifs (C(OH)–C–C–N with tert-alkyl or cyclic N) is 1. The highest BCUT2D eigenvalue weighted by atomic mass is 32.2. The molecule has 3 N–H and O–H groups in total. The lowest BCUT2D eigenvalue weighted by atomic mass is 9.96. The fourth-order valence-corrected chi connectivity index (χ4v) is 6.25. The second kappa shape index (κ2) is 14.7. The summed E-state index contributed by atoms with van der Waals surface area (Å²) in [5.41, 5.74) is 4.30. The summed E-state index contributed by atoms with van der Waals surface area (Å²) in [6, 6.07) is 18.9. The predicted octanol–water partition coefficient (Wildman–Crippen LogP) is 4.70. The van der Waals surface area contributed by atoms with Gasteiger partial charge in [-0.1, -0.05) is 43.3 Å². The number of nitrogens with zero attached hydrogens (tertiary/aromatic N) is 2. The lowest BCUT2D eigenvalue weighted by Crippen LogP contribution is -2.46. The number of carbonyl (C=O) groups is 1. The summed E-state index contributed by atoms with van der Waals surface area (Å²) in [5, 5.41) is 23.0. The van der Waals surface area contributed by atoms with E-state index in [0.29, 0.717) is 18.4 Å². The number of sulfonamides is 1. The van der Waals surface area contributed by atoms with Crippen LogP contribution in [0.3, 0.4) is 0 Å². The van der Waals surface area contributed by atoms with Gasteiger partial charge in [0.1, 0.15) is 0 Å². The fourth-order valence-electron chi connectivity index (χ4n) is 4.77. The summed E-state index contributed by atoms with van der Waals surface area (Å²) >= 11 is 0. The summed E-state index contributed by atoms with van der Waals surface area (Å²) in [5.74, 6) is -0.830. The van der Waals surface area contributed by atoms with E-state index >= 15 is 0 Å². The van der Waals surface area contributed by atoms with Gasteiger partial charge in [-0.15, -0.1) is 0 Å². The van der Waals surface area contributed by atoms with Crippen LogP contribution < -0.4 is 5.32 Å². The number of aliphatic hydroxyl groups excluding tert-OH is 1. The van der Waals surface area contributed by atoms with E-state index in [-0.39, 0.29) is 29.9 Å². The molecular weight excluding hydrogens is 538 g/mol. The van der Waals surface area contributed by atoms with E-state index in [1.54, 1.807) is 18.3 Å². The molecule has 0 aliphatic rings. The van der Waals surface area contributed by atoms with Gasteiger partial charge in [-0.2, -0.15) is 4.31 Å². The number of aliphatic carboxylic acids is 1. The molecule has 2 aromatic carbocycles. The van der Waals surface area contributed by atoms with Crippen LogP contribution in [0.2, 0.25) is 0 Å². The van der Waals surface area contributed by atoms with Gasteiger partial charge < -0.3 is 15.5 Å². The molecule has 0 aliphatic carbocycles. The van der Waals surface area contributed by atoms with Crippen LogP contribution in [0.5, 0.6) is 0 Å². The van der Waals surface area contributed by atoms with Gasteiger partial charge in [0.05, 0.1) is 11.0 Å². The molecule has 3 aromatic rings. The van der Waals surface area contributed by atoms with Crippen LogP contribution in [0.4, 0.5) is 0 Å². The highest BCUT2D eigenvalue weighted by Crippen LogP contribution is 2.28. The molecule has 0 saturated heterocycles. The van der Waals surface area contributed by atoms with Gasteiger partial charge in [0, 0.05) is 44.0 Å². The molecule has 0 fully saturated rings. The molecule has 8 nitrogen and oxygen atoms in total. The SMILES string of the molecule is CCc1cc(-c2ccc(CCC(=O)O)cc2)ccc1S(=O)(=O)N(C)C[C@H](O)CNC(C)(C)CCCc1ccccn1. The topological polar surface area (TPSA) is 120 Å². The van der Waals surface area contributed by atoms with Crippen molar-refractivity contribution >= 4 is 16.0 Å². The average Bonchev–Trinajstić information content (AvgIpc) is 2.95. The Hall–Kier alpha value is -3.11. The number of carboxylic acids is 1. The molecular formula is C32H43N3O5S. The molecule has 1 aromatic heterocycles. The summed E-state index contributed by atoms with van der Waals surface area (Å²) < 4.78 is 28.2. The van der Waals surface area contributed by atoms with Crippen molar-refractivity contribution in [3.63, 3.8) is 0 Å². The third-order valence-corrected chi connectivity index (χ3v) is 9.21. The molecule has 1 heterocycles. The summed E-state index contributed by atoms with van der Waals surface area (Å²) in [7, 11) is -2.31. The number of benzene rings is 2. The first-order valence-corrected chi connectivity index (χ1v) is 15.6. The molecule has 222 valence electrons. The quantitative estimate of drug-likeness (QED) is 0.224. The molecule has 0 radical (unpaired) electrons. The Kier molecular flexibility index (Phi) is 11.6. The van der Waals surface area contributed by atoms with E-state index < -0.39 is 22.1 Å². The molecule has 0 bridgehead atoms. The zero-order chi connectivity index (χ0) is 30.0. The van der Waals surface area contributed by atoms with Crippen LogP contribution >= 0.6 is 0 Å². The summed E-state index contributed by atoms with van der Waals surface area (Å²) in [4.78, 5) is 15.4. The van der Waals surface area contributed by atoms with E-state index in [9.17, 15) is 18.3 Å². The first-order chi connectivity index (χ1) is 19.4. The number of aliphatic hydroxyl groups is 1. The van der Waals surface area contributed by atoms with Gasteiger partial charge in [0.25, 0.3) is 0 Å². The standard InChI is InChI=1S/C32H43N3O5S/c1-5-25-21-27(26-14-11-24(12-15-26)13-18-31(37)38)16-17-30(25)41(39,40)35(4)23-29(36)22-34-32(2,3)19-8-10-28-9-6-7-20-33-28/h6-7,9,11-12,14-17,20-21,29,34,36H,5,8,10,13,18-19,22-23H2,1-4H3,(H,37,38)/t29-/m1/s1. The normalized spacial score (nSPS) is 12.9. The van der Waals surface area contributed by atoms with Gasteiger partial charge >= 0.3 is 5.97 Å². The molecule has 0 aliphatic heterocycles. The van der Waals surface area contributed by atoms with Crippen LogP contribution in [0.15, 0.2) is 71.8 Å². The second-order valence-electron chi connectivity index (χ2n) is 11.1. The smallest absolute Gasteiger partial charge is 0.303 e. The van der Waals surface area contributed by atoms with Crippen molar-refractivity contribution < 1.29 is 23.4 Å². The van der Waals surface area contributed by atoms with E-state index in [1.807, 2.05) is 55.5 Å². The van der Waals surface area contributed by atoms with Crippen molar-refractivity contribution in [2.24, 2.45) is 0 Å². The number of nitrogens with one attached hydrogen (secondary N) is 1. The number of pyridine rings is 1. The minimum atomic E-state index is -3.81. The van der Waals surface area contributed by atoms with E-state index in [1.165, 1.54) is 11.4 Å². The number of aromatic nitrogens is 1. The van der Waals surface area contributed by atoms with Crippen molar-refractivity contribution in [2.75, 3.05) is 20.1 Å². The number of aryl methyl sites for hydroxylation is 3. The van der Waals surface area contributed by atoms with Crippen molar-refractivity contribution in [3.8, 4) is 11.1 Å². The highest BCUT2D eigenvalue weighted by molar-refractivity contribution is 7.89. The van der Waals surface area contributed by atoms with Crippen molar-refractivity contribution in [1.29, 1.82) is 0 Å². The molecule has 1 atom stereocenters. The zero-order valence-electron chi connectivity index (χ0n) is 24.5. The Bertz CT molecular complexity index is 1380. The number of hydrogen-bond donors (Lipinski definition) is 3.